The molecular weight excluding hydrogens is 196 g/mol. The first-order valence-corrected chi connectivity index (χ1v) is 5.74. The Hall–Kier alpha value is 0.210. The highest BCUT2D eigenvalue weighted by atomic mass is 35.5. The molecule has 1 N–H and O–H groups in total. The highest BCUT2D eigenvalue weighted by Crippen LogP contribution is 2.34. The summed E-state index contributed by atoms with van der Waals surface area (Å²) in [7, 11) is 0. The second kappa shape index (κ2) is 5.34. The van der Waals surface area contributed by atoms with Gasteiger partial charge in [-0.1, -0.05) is 12.8 Å². The van der Waals surface area contributed by atoms with Crippen molar-refractivity contribution < 1.29 is 0 Å². The molecule has 3 heteroatoms. The van der Waals surface area contributed by atoms with Crippen molar-refractivity contribution in [3.05, 3.63) is 0 Å². The van der Waals surface area contributed by atoms with E-state index in [2.05, 4.69) is 24.1 Å². The molecule has 1 unspecified atom stereocenters. The van der Waals surface area contributed by atoms with Crippen LogP contribution in [0.2, 0.25) is 0 Å². The molecule has 84 valence electrons. The van der Waals surface area contributed by atoms with Crippen molar-refractivity contribution in [2.24, 2.45) is 5.92 Å². The minimum absolute atomic E-state index is 0. The normalized spacial score (nSPS) is 30.9. The topological polar surface area (TPSA) is 15.3 Å². The van der Waals surface area contributed by atoms with Gasteiger partial charge in [-0.05, 0) is 26.2 Å². The van der Waals surface area contributed by atoms with E-state index in [-0.39, 0.29) is 12.4 Å². The largest absolute Gasteiger partial charge is 0.314 e. The van der Waals surface area contributed by atoms with E-state index in [1.54, 1.807) is 0 Å². The van der Waals surface area contributed by atoms with Crippen molar-refractivity contribution in [1.82, 2.24) is 10.2 Å². The third-order valence-electron chi connectivity index (χ3n) is 3.49. The zero-order valence-electron chi connectivity index (χ0n) is 9.33. The second-order valence-electron chi connectivity index (χ2n) is 4.82. The monoisotopic (exact) mass is 218 g/mol. The van der Waals surface area contributed by atoms with Gasteiger partial charge in [-0.25, -0.2) is 0 Å². The standard InChI is InChI=1S/C11H22N2.ClH/c1-9(7-11-3-4-11)13-6-5-12-8-10(13)2;/h9-12H,3-8H2,1-2H3;1H/t9?,10-;/m0./s1. The Labute approximate surface area is 93.8 Å². The Morgan fingerprint density at radius 3 is 2.71 bits per heavy atom. The number of halogens is 1. The Morgan fingerprint density at radius 2 is 2.14 bits per heavy atom. The minimum atomic E-state index is 0. The van der Waals surface area contributed by atoms with Gasteiger partial charge >= 0.3 is 0 Å². The molecule has 0 aromatic carbocycles. The first-order valence-electron chi connectivity index (χ1n) is 5.74. The first-order chi connectivity index (χ1) is 6.27. The fourth-order valence-corrected chi connectivity index (χ4v) is 2.48. The molecule has 1 aliphatic carbocycles. The summed E-state index contributed by atoms with van der Waals surface area (Å²) in [6.07, 6.45) is 4.42. The smallest absolute Gasteiger partial charge is 0.0195 e. The molecule has 0 spiro atoms. The summed E-state index contributed by atoms with van der Waals surface area (Å²) in [5, 5.41) is 3.45. The van der Waals surface area contributed by atoms with Crippen LogP contribution in [0.25, 0.3) is 0 Å². The van der Waals surface area contributed by atoms with Crippen molar-refractivity contribution in [2.75, 3.05) is 19.6 Å². The molecule has 2 atom stereocenters. The van der Waals surface area contributed by atoms with Gasteiger partial charge in [0.1, 0.15) is 0 Å². The van der Waals surface area contributed by atoms with E-state index >= 15 is 0 Å². The number of nitrogens with zero attached hydrogens (tertiary/aromatic N) is 1. The third kappa shape index (κ3) is 3.11. The summed E-state index contributed by atoms with van der Waals surface area (Å²) < 4.78 is 0. The lowest BCUT2D eigenvalue weighted by Crippen LogP contribution is -2.53. The van der Waals surface area contributed by atoms with E-state index < -0.39 is 0 Å². The maximum Gasteiger partial charge on any atom is 0.0195 e. The Morgan fingerprint density at radius 1 is 1.43 bits per heavy atom. The quantitative estimate of drug-likeness (QED) is 0.779. The highest BCUT2D eigenvalue weighted by molar-refractivity contribution is 5.85. The van der Waals surface area contributed by atoms with E-state index in [4.69, 9.17) is 0 Å². The summed E-state index contributed by atoms with van der Waals surface area (Å²) in [6, 6.07) is 1.55. The molecule has 0 aromatic rings. The van der Waals surface area contributed by atoms with Gasteiger partial charge in [-0.3, -0.25) is 4.90 Å². The molecule has 0 amide bonds. The molecule has 0 bridgehead atoms. The zero-order chi connectivity index (χ0) is 9.26. The number of hydrogen-bond acceptors (Lipinski definition) is 2. The Bertz CT molecular complexity index is 171. The van der Waals surface area contributed by atoms with E-state index in [9.17, 15) is 0 Å². The van der Waals surface area contributed by atoms with Gasteiger partial charge in [0.05, 0.1) is 0 Å². The van der Waals surface area contributed by atoms with Crippen LogP contribution in [0.5, 0.6) is 0 Å². The second-order valence-corrected chi connectivity index (χ2v) is 4.82. The van der Waals surface area contributed by atoms with E-state index in [0.29, 0.717) is 0 Å². The summed E-state index contributed by atoms with van der Waals surface area (Å²) in [5.74, 6) is 1.07. The van der Waals surface area contributed by atoms with Gasteiger partial charge in [0.15, 0.2) is 0 Å². The molecule has 14 heavy (non-hydrogen) atoms. The molecule has 1 saturated carbocycles. The van der Waals surface area contributed by atoms with Crippen molar-refractivity contribution >= 4 is 12.4 Å². The summed E-state index contributed by atoms with van der Waals surface area (Å²) in [6.45, 7) is 8.35. The molecule has 1 saturated heterocycles. The lowest BCUT2D eigenvalue weighted by Gasteiger charge is -2.38. The van der Waals surface area contributed by atoms with E-state index in [1.807, 2.05) is 0 Å². The molecule has 0 radical (unpaired) electrons. The number of rotatable bonds is 3. The Kier molecular flexibility index (Phi) is 4.68. The summed E-state index contributed by atoms with van der Waals surface area (Å²) in [4.78, 5) is 2.68. The number of piperazine rings is 1. The maximum absolute atomic E-state index is 3.45. The minimum Gasteiger partial charge on any atom is -0.314 e. The number of nitrogens with one attached hydrogen (secondary N) is 1. The predicted octanol–water partition coefficient (Wildman–Crippen LogP) is 1.89. The fraction of sp³-hybridized carbons (Fsp3) is 1.00. The molecule has 1 aliphatic heterocycles. The lowest BCUT2D eigenvalue weighted by atomic mass is 10.1. The average Bonchev–Trinajstić information content (AvgIpc) is 2.89. The Balaban J connectivity index is 0.000000980. The third-order valence-corrected chi connectivity index (χ3v) is 3.49. The van der Waals surface area contributed by atoms with Crippen LogP contribution in [0, 0.1) is 5.92 Å². The van der Waals surface area contributed by atoms with Crippen LogP contribution < -0.4 is 5.32 Å². The van der Waals surface area contributed by atoms with Gasteiger partial charge in [0.25, 0.3) is 0 Å². The van der Waals surface area contributed by atoms with Gasteiger partial charge in [0.2, 0.25) is 0 Å². The summed E-state index contributed by atoms with van der Waals surface area (Å²) in [5.41, 5.74) is 0. The molecule has 2 rings (SSSR count). The van der Waals surface area contributed by atoms with Gasteiger partial charge in [-0.15, -0.1) is 12.4 Å². The molecule has 2 fully saturated rings. The van der Waals surface area contributed by atoms with Crippen LogP contribution >= 0.6 is 12.4 Å². The fourth-order valence-electron chi connectivity index (χ4n) is 2.48. The van der Waals surface area contributed by atoms with Gasteiger partial charge in [0, 0.05) is 31.7 Å². The highest BCUT2D eigenvalue weighted by Gasteiger charge is 2.29. The van der Waals surface area contributed by atoms with Crippen LogP contribution in [-0.2, 0) is 0 Å². The molecule has 2 aliphatic rings. The van der Waals surface area contributed by atoms with Crippen LogP contribution in [-0.4, -0.2) is 36.6 Å². The first kappa shape index (κ1) is 12.3. The predicted molar refractivity (Wildman–Crippen MR) is 63.1 cm³/mol. The van der Waals surface area contributed by atoms with Gasteiger partial charge in [-0.2, -0.15) is 0 Å². The van der Waals surface area contributed by atoms with E-state index in [1.165, 1.54) is 38.9 Å². The van der Waals surface area contributed by atoms with Crippen molar-refractivity contribution in [3.8, 4) is 0 Å². The molecule has 0 aromatic heterocycles. The molecule has 2 nitrogen and oxygen atoms in total. The SMILES string of the molecule is CC(CC1CC1)N1CCNC[C@@H]1C.Cl. The summed E-state index contributed by atoms with van der Waals surface area (Å²) >= 11 is 0. The molecule has 1 heterocycles. The van der Waals surface area contributed by atoms with Crippen LogP contribution in [0.1, 0.15) is 33.1 Å². The zero-order valence-corrected chi connectivity index (χ0v) is 10.1. The maximum atomic E-state index is 3.45. The van der Waals surface area contributed by atoms with Crippen molar-refractivity contribution in [2.45, 2.75) is 45.2 Å². The number of hydrogen-bond donors (Lipinski definition) is 1. The van der Waals surface area contributed by atoms with Crippen LogP contribution in [0.15, 0.2) is 0 Å². The van der Waals surface area contributed by atoms with Gasteiger partial charge < -0.3 is 5.32 Å². The average molecular weight is 219 g/mol. The lowest BCUT2D eigenvalue weighted by molar-refractivity contribution is 0.117. The van der Waals surface area contributed by atoms with Crippen molar-refractivity contribution in [3.63, 3.8) is 0 Å². The van der Waals surface area contributed by atoms with Crippen molar-refractivity contribution in [1.29, 1.82) is 0 Å². The van der Waals surface area contributed by atoms with E-state index in [0.717, 1.165) is 18.0 Å². The van der Waals surface area contributed by atoms with Crippen LogP contribution in [0.3, 0.4) is 0 Å². The molecular formula is C11H23ClN2. The van der Waals surface area contributed by atoms with Crippen LogP contribution in [0.4, 0.5) is 0 Å².